The van der Waals surface area contributed by atoms with Gasteiger partial charge in [0.05, 0.1) is 16.9 Å². The van der Waals surface area contributed by atoms with Crippen LogP contribution in [-0.2, 0) is 15.0 Å². The van der Waals surface area contributed by atoms with Gasteiger partial charge in [-0.25, -0.2) is 4.31 Å². The summed E-state index contributed by atoms with van der Waals surface area (Å²) in [6, 6.07) is 14.9. The number of hydrogen-bond donors (Lipinski definition) is 2. The lowest BCUT2D eigenvalue weighted by atomic mass is 10.1. The Morgan fingerprint density at radius 3 is 2.07 bits per heavy atom. The molecule has 2 aromatic rings. The lowest BCUT2D eigenvalue weighted by Gasteiger charge is -2.27. The maximum atomic E-state index is 12.8. The molecule has 162 valence electrons. The van der Waals surface area contributed by atoms with Crippen LogP contribution in [0.5, 0.6) is 0 Å². The molecule has 0 atom stereocenters. The lowest BCUT2D eigenvalue weighted by Crippen LogP contribution is -2.44. The van der Waals surface area contributed by atoms with Gasteiger partial charge in [-0.1, -0.05) is 30.3 Å². The fourth-order valence-electron chi connectivity index (χ4n) is 2.62. The van der Waals surface area contributed by atoms with Crippen LogP contribution in [0.2, 0.25) is 0 Å². The Morgan fingerprint density at radius 1 is 0.933 bits per heavy atom. The van der Waals surface area contributed by atoms with Crippen molar-refractivity contribution < 1.29 is 18.0 Å². The molecule has 2 aromatic carbocycles. The van der Waals surface area contributed by atoms with Gasteiger partial charge in [-0.05, 0) is 45.0 Å². The fourth-order valence-corrected chi connectivity index (χ4v) is 3.68. The number of nitrogens with one attached hydrogen (secondary N) is 2. The number of carbonyl (C=O) groups excluding carboxylic acids is 2. The molecule has 0 radical (unpaired) electrons. The van der Waals surface area contributed by atoms with E-state index in [1.54, 1.807) is 54.6 Å². The Hall–Kier alpha value is -2.91. The van der Waals surface area contributed by atoms with Crippen LogP contribution in [0.3, 0.4) is 0 Å². The summed E-state index contributed by atoms with van der Waals surface area (Å²) in [5.41, 5.74) is 0.514. The fraction of sp³-hybridized carbons (Fsp3) is 0.333. The molecule has 0 saturated heterocycles. The molecule has 2 amide bonds. The Labute approximate surface area is 178 Å². The van der Waals surface area contributed by atoms with E-state index in [0.717, 1.165) is 8.61 Å². The van der Waals surface area contributed by atoms with Crippen LogP contribution in [0.25, 0.3) is 0 Å². The molecule has 2 N–H and O–H groups in total. The monoisotopic (exact) mass is 432 g/mol. The second-order valence-corrected chi connectivity index (χ2v) is 10.00. The smallest absolute Gasteiger partial charge is 0.304 e. The minimum absolute atomic E-state index is 0.294. The molecular formula is C21H28N4O4S. The van der Waals surface area contributed by atoms with Gasteiger partial charge < -0.3 is 10.6 Å². The van der Waals surface area contributed by atoms with E-state index in [1.165, 1.54) is 14.1 Å². The summed E-state index contributed by atoms with van der Waals surface area (Å²) in [5.74, 6) is -0.903. The third-order valence-corrected chi connectivity index (χ3v) is 5.83. The van der Waals surface area contributed by atoms with Gasteiger partial charge in [0, 0.05) is 19.6 Å². The molecule has 0 fully saturated rings. The number of para-hydroxylation sites is 2. The number of rotatable bonds is 7. The van der Waals surface area contributed by atoms with Crippen molar-refractivity contribution in [2.45, 2.75) is 26.3 Å². The minimum atomic E-state index is -3.90. The van der Waals surface area contributed by atoms with E-state index >= 15 is 0 Å². The number of carbonyl (C=O) groups is 2. The topological polar surface area (TPSA) is 98.8 Å². The van der Waals surface area contributed by atoms with E-state index in [1.807, 2.05) is 20.8 Å². The highest BCUT2D eigenvalue weighted by Crippen LogP contribution is 2.20. The van der Waals surface area contributed by atoms with E-state index < -0.39 is 28.2 Å². The van der Waals surface area contributed by atoms with Gasteiger partial charge in [0.15, 0.2) is 0 Å². The number of hydrogen-bond acceptors (Lipinski definition) is 4. The van der Waals surface area contributed by atoms with Crippen molar-refractivity contribution in [2.75, 3.05) is 30.3 Å². The largest absolute Gasteiger partial charge is 0.347 e. The zero-order valence-electron chi connectivity index (χ0n) is 17.8. The van der Waals surface area contributed by atoms with E-state index in [2.05, 4.69) is 10.6 Å². The third kappa shape index (κ3) is 6.04. The Balaban J connectivity index is 2.28. The van der Waals surface area contributed by atoms with Crippen LogP contribution >= 0.6 is 0 Å². The van der Waals surface area contributed by atoms with Crippen LogP contribution in [0.1, 0.15) is 31.1 Å². The third-order valence-electron chi connectivity index (χ3n) is 4.01. The van der Waals surface area contributed by atoms with Gasteiger partial charge >= 0.3 is 10.2 Å². The van der Waals surface area contributed by atoms with Gasteiger partial charge in [-0.15, -0.1) is 0 Å². The predicted molar refractivity (Wildman–Crippen MR) is 119 cm³/mol. The SMILES string of the molecule is CN(C)S(=O)(=O)N(CC(=O)Nc1ccccc1C(=O)NC(C)(C)C)c1ccccc1. The van der Waals surface area contributed by atoms with Crippen molar-refractivity contribution >= 4 is 33.4 Å². The van der Waals surface area contributed by atoms with Gasteiger partial charge in [0.2, 0.25) is 5.91 Å². The van der Waals surface area contributed by atoms with Crippen molar-refractivity contribution in [1.29, 1.82) is 0 Å². The summed E-state index contributed by atoms with van der Waals surface area (Å²) in [6.45, 7) is 5.13. The van der Waals surface area contributed by atoms with Gasteiger partial charge in [-0.2, -0.15) is 12.7 Å². The molecule has 30 heavy (non-hydrogen) atoms. The van der Waals surface area contributed by atoms with E-state index in [9.17, 15) is 18.0 Å². The summed E-state index contributed by atoms with van der Waals surface area (Å²) >= 11 is 0. The highest BCUT2D eigenvalue weighted by atomic mass is 32.2. The van der Waals surface area contributed by atoms with Gasteiger partial charge in [0.1, 0.15) is 6.54 Å². The van der Waals surface area contributed by atoms with Crippen LogP contribution in [0.15, 0.2) is 54.6 Å². The minimum Gasteiger partial charge on any atom is -0.347 e. The summed E-state index contributed by atoms with van der Waals surface area (Å²) in [6.07, 6.45) is 0. The molecule has 0 heterocycles. The average molecular weight is 433 g/mol. The van der Waals surface area contributed by atoms with Crippen molar-refractivity contribution in [2.24, 2.45) is 0 Å². The standard InChI is InChI=1S/C21H28N4O4S/c1-21(2,3)23-20(27)17-13-9-10-14-18(17)22-19(26)15-25(30(28,29)24(4)5)16-11-7-6-8-12-16/h6-14H,15H2,1-5H3,(H,22,26)(H,23,27). The van der Waals surface area contributed by atoms with Crippen LogP contribution in [0, 0.1) is 0 Å². The Morgan fingerprint density at radius 2 is 1.50 bits per heavy atom. The second kappa shape index (κ2) is 9.27. The second-order valence-electron chi connectivity index (χ2n) is 7.93. The molecule has 2 rings (SSSR count). The van der Waals surface area contributed by atoms with Crippen LogP contribution < -0.4 is 14.9 Å². The number of amides is 2. The maximum Gasteiger partial charge on any atom is 0.304 e. The molecule has 0 aliphatic rings. The highest BCUT2D eigenvalue weighted by molar-refractivity contribution is 7.90. The van der Waals surface area contributed by atoms with Crippen molar-refractivity contribution in [3.8, 4) is 0 Å². The molecule has 8 nitrogen and oxygen atoms in total. The Kier molecular flexibility index (Phi) is 7.22. The first kappa shape index (κ1) is 23.4. The van der Waals surface area contributed by atoms with E-state index in [0.29, 0.717) is 16.9 Å². The summed E-state index contributed by atoms with van der Waals surface area (Å²) < 4.78 is 27.6. The van der Waals surface area contributed by atoms with E-state index in [-0.39, 0.29) is 5.91 Å². The van der Waals surface area contributed by atoms with E-state index in [4.69, 9.17) is 0 Å². The average Bonchev–Trinajstić information content (AvgIpc) is 2.65. The van der Waals surface area contributed by atoms with Crippen LogP contribution in [-0.4, -0.2) is 50.7 Å². The number of benzene rings is 2. The molecule has 0 saturated carbocycles. The van der Waals surface area contributed by atoms with Gasteiger partial charge in [0.25, 0.3) is 5.91 Å². The summed E-state index contributed by atoms with van der Waals surface area (Å²) in [7, 11) is -1.11. The highest BCUT2D eigenvalue weighted by Gasteiger charge is 2.27. The normalized spacial score (nSPS) is 11.8. The molecular weight excluding hydrogens is 404 g/mol. The first-order chi connectivity index (χ1) is 13.9. The lowest BCUT2D eigenvalue weighted by molar-refractivity contribution is -0.114. The molecule has 0 bridgehead atoms. The number of nitrogens with zero attached hydrogens (tertiary/aromatic N) is 2. The number of anilines is 2. The molecule has 0 spiro atoms. The zero-order valence-corrected chi connectivity index (χ0v) is 18.7. The molecule has 0 aliphatic carbocycles. The summed E-state index contributed by atoms with van der Waals surface area (Å²) in [4.78, 5) is 25.3. The molecule has 0 aliphatic heterocycles. The molecule has 0 aromatic heterocycles. The molecule has 9 heteroatoms. The van der Waals surface area contributed by atoms with Crippen LogP contribution in [0.4, 0.5) is 11.4 Å². The van der Waals surface area contributed by atoms with Crippen molar-refractivity contribution in [3.63, 3.8) is 0 Å². The van der Waals surface area contributed by atoms with Crippen molar-refractivity contribution in [1.82, 2.24) is 9.62 Å². The zero-order chi connectivity index (χ0) is 22.5. The quantitative estimate of drug-likeness (QED) is 0.702. The van der Waals surface area contributed by atoms with Gasteiger partial charge in [-0.3, -0.25) is 9.59 Å². The first-order valence-corrected chi connectivity index (χ1v) is 10.8. The maximum absolute atomic E-state index is 12.8. The predicted octanol–water partition coefficient (Wildman–Crippen LogP) is 2.47. The molecule has 0 unspecified atom stereocenters. The first-order valence-electron chi connectivity index (χ1n) is 9.38. The van der Waals surface area contributed by atoms with Crippen molar-refractivity contribution in [3.05, 3.63) is 60.2 Å². The summed E-state index contributed by atoms with van der Waals surface area (Å²) in [5, 5.41) is 5.52. The Bertz CT molecular complexity index is 999.